The fourth-order valence-corrected chi connectivity index (χ4v) is 3.42. The molecule has 3 amide bonds. The minimum absolute atomic E-state index is 0.000411. The van der Waals surface area contributed by atoms with Gasteiger partial charge in [-0.25, -0.2) is 4.90 Å². The lowest BCUT2D eigenvalue weighted by molar-refractivity contribution is -0.136. The molecular weight excluding hydrogens is 356 g/mol. The van der Waals surface area contributed by atoms with E-state index in [1.165, 1.54) is 16.7 Å². The van der Waals surface area contributed by atoms with Crippen LogP contribution in [0.2, 0.25) is 0 Å². The maximum atomic E-state index is 13.0. The number of benzene rings is 2. The van der Waals surface area contributed by atoms with Crippen LogP contribution in [0.3, 0.4) is 0 Å². The van der Waals surface area contributed by atoms with Gasteiger partial charge in [0.2, 0.25) is 11.8 Å². The first kappa shape index (κ1) is 19.6. The van der Waals surface area contributed by atoms with Crippen LogP contribution in [0.5, 0.6) is 5.75 Å². The molecule has 0 spiro atoms. The predicted octanol–water partition coefficient (Wildman–Crippen LogP) is 2.81. The monoisotopic (exact) mass is 380 g/mol. The van der Waals surface area contributed by atoms with Crippen molar-refractivity contribution < 1.29 is 19.1 Å². The molecule has 1 saturated heterocycles. The van der Waals surface area contributed by atoms with E-state index in [0.717, 1.165) is 5.56 Å². The van der Waals surface area contributed by atoms with Gasteiger partial charge in [0.05, 0.1) is 18.7 Å². The van der Waals surface area contributed by atoms with Gasteiger partial charge in [0.15, 0.2) is 0 Å². The molecule has 2 aromatic rings. The van der Waals surface area contributed by atoms with Crippen molar-refractivity contribution in [3.8, 4) is 5.75 Å². The van der Waals surface area contributed by atoms with E-state index in [2.05, 4.69) is 0 Å². The highest BCUT2D eigenvalue weighted by molar-refractivity contribution is 6.23. The number of imide groups is 1. The molecular formula is C22H24N2O4. The van der Waals surface area contributed by atoms with Crippen molar-refractivity contribution >= 4 is 23.4 Å². The molecule has 0 aromatic heterocycles. The molecule has 0 bridgehead atoms. The van der Waals surface area contributed by atoms with Crippen LogP contribution in [0.4, 0.5) is 5.69 Å². The van der Waals surface area contributed by atoms with E-state index in [0.29, 0.717) is 31.0 Å². The van der Waals surface area contributed by atoms with Crippen molar-refractivity contribution in [2.75, 3.05) is 18.1 Å². The predicted molar refractivity (Wildman–Crippen MR) is 106 cm³/mol. The lowest BCUT2D eigenvalue weighted by Crippen LogP contribution is -2.45. The molecule has 0 radical (unpaired) electrons. The standard InChI is InChI=1S/C22H24N2O4/c1-3-28-19-11-9-18(10-12-19)24-21(26)15-20(22(24)27)23(16(2)25)14-13-17-7-5-4-6-8-17/h4-12,20H,3,13-15H2,1-2H3. The molecule has 1 unspecified atom stereocenters. The van der Waals surface area contributed by atoms with Crippen LogP contribution >= 0.6 is 0 Å². The van der Waals surface area contributed by atoms with Crippen molar-refractivity contribution in [2.24, 2.45) is 0 Å². The van der Waals surface area contributed by atoms with Crippen molar-refractivity contribution in [1.82, 2.24) is 4.90 Å². The summed E-state index contributed by atoms with van der Waals surface area (Å²) in [5.74, 6) is -0.201. The fraction of sp³-hybridized carbons (Fsp3) is 0.318. The van der Waals surface area contributed by atoms with Gasteiger partial charge < -0.3 is 9.64 Å². The van der Waals surface area contributed by atoms with Crippen LogP contribution in [-0.4, -0.2) is 41.8 Å². The Morgan fingerprint density at radius 3 is 2.39 bits per heavy atom. The molecule has 1 fully saturated rings. The Labute approximate surface area is 164 Å². The second kappa shape index (κ2) is 8.69. The topological polar surface area (TPSA) is 66.9 Å². The maximum Gasteiger partial charge on any atom is 0.257 e. The third kappa shape index (κ3) is 4.22. The van der Waals surface area contributed by atoms with Gasteiger partial charge in [-0.15, -0.1) is 0 Å². The summed E-state index contributed by atoms with van der Waals surface area (Å²) >= 11 is 0. The third-order valence-electron chi connectivity index (χ3n) is 4.79. The summed E-state index contributed by atoms with van der Waals surface area (Å²) in [5.41, 5.74) is 1.57. The zero-order valence-corrected chi connectivity index (χ0v) is 16.1. The largest absolute Gasteiger partial charge is 0.494 e. The number of carbonyl (C=O) groups excluding carboxylic acids is 3. The van der Waals surface area contributed by atoms with Gasteiger partial charge in [0.25, 0.3) is 5.91 Å². The maximum absolute atomic E-state index is 13.0. The van der Waals surface area contributed by atoms with E-state index < -0.39 is 6.04 Å². The van der Waals surface area contributed by atoms with Gasteiger partial charge in [-0.2, -0.15) is 0 Å². The Balaban J connectivity index is 1.75. The summed E-state index contributed by atoms with van der Waals surface area (Å²) in [6.45, 7) is 4.25. The molecule has 6 nitrogen and oxygen atoms in total. The van der Waals surface area contributed by atoms with E-state index in [-0.39, 0.29) is 24.1 Å². The number of hydrogen-bond donors (Lipinski definition) is 0. The van der Waals surface area contributed by atoms with Crippen LogP contribution in [0.1, 0.15) is 25.8 Å². The van der Waals surface area contributed by atoms with E-state index in [1.54, 1.807) is 24.3 Å². The molecule has 1 heterocycles. The first-order valence-electron chi connectivity index (χ1n) is 9.42. The average molecular weight is 380 g/mol. The molecule has 0 N–H and O–H groups in total. The van der Waals surface area contributed by atoms with Gasteiger partial charge in [-0.3, -0.25) is 14.4 Å². The normalized spacial score (nSPS) is 16.4. The Morgan fingerprint density at radius 1 is 1.11 bits per heavy atom. The minimum atomic E-state index is -0.764. The first-order valence-corrected chi connectivity index (χ1v) is 9.42. The zero-order valence-electron chi connectivity index (χ0n) is 16.1. The van der Waals surface area contributed by atoms with Crippen LogP contribution in [-0.2, 0) is 20.8 Å². The van der Waals surface area contributed by atoms with Crippen LogP contribution in [0, 0.1) is 0 Å². The van der Waals surface area contributed by atoms with Crippen molar-refractivity contribution in [3.63, 3.8) is 0 Å². The summed E-state index contributed by atoms with van der Waals surface area (Å²) in [5, 5.41) is 0. The van der Waals surface area contributed by atoms with Gasteiger partial charge in [-0.05, 0) is 43.2 Å². The Morgan fingerprint density at radius 2 is 1.79 bits per heavy atom. The van der Waals surface area contributed by atoms with Crippen molar-refractivity contribution in [1.29, 1.82) is 0 Å². The number of anilines is 1. The van der Waals surface area contributed by atoms with Gasteiger partial charge >= 0.3 is 0 Å². The van der Waals surface area contributed by atoms with Crippen LogP contribution < -0.4 is 9.64 Å². The zero-order chi connectivity index (χ0) is 20.1. The Bertz CT molecular complexity index is 849. The molecule has 1 atom stereocenters. The molecule has 1 aliphatic rings. The molecule has 1 aliphatic heterocycles. The summed E-state index contributed by atoms with van der Waals surface area (Å²) in [7, 11) is 0. The van der Waals surface area contributed by atoms with Crippen LogP contribution in [0.15, 0.2) is 54.6 Å². The van der Waals surface area contributed by atoms with Gasteiger partial charge in [-0.1, -0.05) is 30.3 Å². The van der Waals surface area contributed by atoms with E-state index in [1.807, 2.05) is 37.3 Å². The highest BCUT2D eigenvalue weighted by Gasteiger charge is 2.43. The summed E-state index contributed by atoms with van der Waals surface area (Å²) < 4.78 is 5.40. The number of rotatable bonds is 7. The molecule has 0 saturated carbocycles. The Hall–Kier alpha value is -3.15. The van der Waals surface area contributed by atoms with Crippen molar-refractivity contribution in [2.45, 2.75) is 32.7 Å². The molecule has 0 aliphatic carbocycles. The van der Waals surface area contributed by atoms with Crippen LogP contribution in [0.25, 0.3) is 0 Å². The number of ether oxygens (including phenoxy) is 1. The van der Waals surface area contributed by atoms with Crippen molar-refractivity contribution in [3.05, 3.63) is 60.2 Å². The second-order valence-electron chi connectivity index (χ2n) is 6.66. The lowest BCUT2D eigenvalue weighted by atomic mass is 10.1. The molecule has 28 heavy (non-hydrogen) atoms. The van der Waals surface area contributed by atoms with E-state index in [9.17, 15) is 14.4 Å². The number of amides is 3. The summed E-state index contributed by atoms with van der Waals surface area (Å²) in [6.07, 6.45) is 0.627. The quantitative estimate of drug-likeness (QED) is 0.693. The average Bonchev–Trinajstić information content (AvgIpc) is 2.98. The fourth-order valence-electron chi connectivity index (χ4n) is 3.42. The van der Waals surface area contributed by atoms with Gasteiger partial charge in [0, 0.05) is 13.5 Å². The highest BCUT2D eigenvalue weighted by Crippen LogP contribution is 2.27. The summed E-state index contributed by atoms with van der Waals surface area (Å²) in [4.78, 5) is 40.4. The first-order chi connectivity index (χ1) is 13.5. The Kier molecular flexibility index (Phi) is 6.09. The minimum Gasteiger partial charge on any atom is -0.494 e. The number of carbonyl (C=O) groups is 3. The molecule has 2 aromatic carbocycles. The molecule has 3 rings (SSSR count). The smallest absolute Gasteiger partial charge is 0.257 e. The highest BCUT2D eigenvalue weighted by atomic mass is 16.5. The van der Waals surface area contributed by atoms with Gasteiger partial charge in [0.1, 0.15) is 11.8 Å². The third-order valence-corrected chi connectivity index (χ3v) is 4.79. The SMILES string of the molecule is CCOc1ccc(N2C(=O)CC(N(CCc3ccccc3)C(C)=O)C2=O)cc1. The molecule has 146 valence electrons. The summed E-state index contributed by atoms with van der Waals surface area (Å²) in [6, 6.07) is 15.8. The molecule has 6 heteroatoms. The number of nitrogens with zero attached hydrogens (tertiary/aromatic N) is 2. The van der Waals surface area contributed by atoms with E-state index in [4.69, 9.17) is 4.74 Å². The number of hydrogen-bond acceptors (Lipinski definition) is 4. The lowest BCUT2D eigenvalue weighted by Gasteiger charge is -2.26. The van der Waals surface area contributed by atoms with E-state index >= 15 is 0 Å². The second-order valence-corrected chi connectivity index (χ2v) is 6.66.